The summed E-state index contributed by atoms with van der Waals surface area (Å²) >= 11 is 6.36. The summed E-state index contributed by atoms with van der Waals surface area (Å²) in [5, 5.41) is 2.73. The SMILES string of the molecule is COc1ccc(CN(c2ccccn2)S(=O)(=O)c2cc(Cl)c(Nc3ccc(OC(F)F)cc3)cc2F)c(OC)c1. The summed E-state index contributed by atoms with van der Waals surface area (Å²) in [6, 6.07) is 16.9. The number of methoxy groups -OCH3 is 2. The number of alkyl halides is 2. The van der Waals surface area contributed by atoms with E-state index in [1.165, 1.54) is 50.7 Å². The monoisotopic (exact) mass is 593 g/mol. The van der Waals surface area contributed by atoms with E-state index in [9.17, 15) is 17.2 Å². The van der Waals surface area contributed by atoms with Crippen molar-refractivity contribution in [3.8, 4) is 17.2 Å². The molecule has 1 aromatic heterocycles. The number of anilines is 3. The molecule has 40 heavy (non-hydrogen) atoms. The summed E-state index contributed by atoms with van der Waals surface area (Å²) in [6.07, 6.45) is 1.41. The normalized spacial score (nSPS) is 11.3. The molecule has 1 N–H and O–H groups in total. The number of nitrogens with zero attached hydrogens (tertiary/aromatic N) is 2. The average molecular weight is 594 g/mol. The average Bonchev–Trinajstić information content (AvgIpc) is 2.94. The molecule has 0 fully saturated rings. The highest BCUT2D eigenvalue weighted by atomic mass is 35.5. The lowest BCUT2D eigenvalue weighted by Gasteiger charge is -2.25. The molecule has 0 saturated heterocycles. The fourth-order valence-corrected chi connectivity index (χ4v) is 5.49. The van der Waals surface area contributed by atoms with E-state index >= 15 is 4.39 Å². The van der Waals surface area contributed by atoms with E-state index in [0.717, 1.165) is 16.4 Å². The Kier molecular flexibility index (Phi) is 8.90. The first-order valence-corrected chi connectivity index (χ1v) is 13.4. The Balaban J connectivity index is 1.69. The summed E-state index contributed by atoms with van der Waals surface area (Å²) < 4.78 is 83.8. The first-order chi connectivity index (χ1) is 19.1. The zero-order chi connectivity index (χ0) is 28.9. The van der Waals surface area contributed by atoms with Crippen LogP contribution in [0.4, 0.5) is 30.4 Å². The van der Waals surface area contributed by atoms with Gasteiger partial charge in [0.15, 0.2) is 0 Å². The van der Waals surface area contributed by atoms with Gasteiger partial charge in [0.1, 0.15) is 33.8 Å². The summed E-state index contributed by atoms with van der Waals surface area (Å²) in [7, 11) is -1.62. The Morgan fingerprint density at radius 3 is 2.33 bits per heavy atom. The molecular weight excluding hydrogens is 571 g/mol. The first-order valence-electron chi connectivity index (χ1n) is 11.6. The molecular formula is C27H23ClF3N3O5S. The minimum absolute atomic E-state index is 0.0456. The summed E-state index contributed by atoms with van der Waals surface area (Å²) in [6.45, 7) is -3.22. The van der Waals surface area contributed by atoms with Crippen LogP contribution in [0.3, 0.4) is 0 Å². The first kappa shape index (κ1) is 28.8. The molecule has 0 amide bonds. The van der Waals surface area contributed by atoms with Crippen molar-refractivity contribution in [1.29, 1.82) is 0 Å². The standard InChI is InChI=1S/C27H23ClF3N3O5S/c1-37-20-9-6-17(24(13-20)38-2)16-34(26-5-3-4-12-32-26)40(35,36)25-14-21(28)23(15-22(25)29)33-18-7-10-19(11-8-18)39-27(30)31/h3-15,27,33H,16H2,1-2H3. The Morgan fingerprint density at radius 2 is 1.70 bits per heavy atom. The lowest BCUT2D eigenvalue weighted by molar-refractivity contribution is -0.0498. The maximum atomic E-state index is 15.4. The lowest BCUT2D eigenvalue weighted by Crippen LogP contribution is -2.32. The van der Waals surface area contributed by atoms with Crippen LogP contribution in [0, 0.1) is 5.82 Å². The Morgan fingerprint density at radius 1 is 0.975 bits per heavy atom. The quantitative estimate of drug-likeness (QED) is 0.209. The van der Waals surface area contributed by atoms with E-state index in [-0.39, 0.29) is 28.8 Å². The van der Waals surface area contributed by atoms with Crippen molar-refractivity contribution < 1.29 is 35.8 Å². The smallest absolute Gasteiger partial charge is 0.387 e. The number of sulfonamides is 1. The van der Waals surface area contributed by atoms with Crippen LogP contribution < -0.4 is 23.8 Å². The zero-order valence-electron chi connectivity index (χ0n) is 21.1. The number of rotatable bonds is 11. The number of benzene rings is 3. The fourth-order valence-electron chi connectivity index (χ4n) is 3.74. The molecule has 0 aliphatic rings. The highest BCUT2D eigenvalue weighted by molar-refractivity contribution is 7.92. The highest BCUT2D eigenvalue weighted by Crippen LogP contribution is 2.35. The topological polar surface area (TPSA) is 90.0 Å². The van der Waals surface area contributed by atoms with Crippen molar-refractivity contribution in [2.45, 2.75) is 18.1 Å². The zero-order valence-corrected chi connectivity index (χ0v) is 22.7. The molecule has 13 heteroatoms. The van der Waals surface area contributed by atoms with Gasteiger partial charge in [-0.3, -0.25) is 0 Å². The number of halogens is 4. The molecule has 210 valence electrons. The minimum Gasteiger partial charge on any atom is -0.497 e. The summed E-state index contributed by atoms with van der Waals surface area (Å²) in [4.78, 5) is 3.48. The van der Waals surface area contributed by atoms with E-state index < -0.39 is 27.3 Å². The fraction of sp³-hybridized carbons (Fsp3) is 0.148. The van der Waals surface area contributed by atoms with Crippen molar-refractivity contribution in [2.75, 3.05) is 23.8 Å². The molecule has 4 rings (SSSR count). The maximum Gasteiger partial charge on any atom is 0.387 e. The second kappa shape index (κ2) is 12.3. The molecule has 0 saturated carbocycles. The van der Waals surface area contributed by atoms with Crippen molar-refractivity contribution in [3.05, 3.63) is 95.4 Å². The van der Waals surface area contributed by atoms with E-state index in [4.69, 9.17) is 21.1 Å². The van der Waals surface area contributed by atoms with E-state index in [1.54, 1.807) is 30.3 Å². The number of nitrogens with one attached hydrogen (secondary N) is 1. The molecule has 0 bridgehead atoms. The van der Waals surface area contributed by atoms with Crippen LogP contribution in [-0.4, -0.2) is 34.2 Å². The molecule has 0 radical (unpaired) electrons. The number of pyridine rings is 1. The largest absolute Gasteiger partial charge is 0.497 e. The summed E-state index contributed by atoms with van der Waals surface area (Å²) in [5.74, 6) is -0.234. The third-order valence-corrected chi connectivity index (χ3v) is 7.74. The van der Waals surface area contributed by atoms with Crippen LogP contribution in [0.5, 0.6) is 17.2 Å². The van der Waals surface area contributed by atoms with E-state index in [1.807, 2.05) is 0 Å². The molecule has 0 aliphatic heterocycles. The number of hydrogen-bond acceptors (Lipinski definition) is 7. The van der Waals surface area contributed by atoms with Crippen LogP contribution in [0.25, 0.3) is 0 Å². The summed E-state index contributed by atoms with van der Waals surface area (Å²) in [5.41, 5.74) is 0.906. The van der Waals surface area contributed by atoms with Crippen LogP contribution >= 0.6 is 11.6 Å². The Bertz CT molecular complexity index is 1580. The molecule has 1 heterocycles. The van der Waals surface area contributed by atoms with Crippen molar-refractivity contribution >= 4 is 38.8 Å². The van der Waals surface area contributed by atoms with Gasteiger partial charge in [0.05, 0.1) is 31.5 Å². The Labute approximate surface area is 233 Å². The maximum absolute atomic E-state index is 15.4. The molecule has 4 aromatic rings. The molecule has 0 unspecified atom stereocenters. The van der Waals surface area contributed by atoms with Crippen LogP contribution in [0.15, 0.2) is 83.9 Å². The molecule has 0 spiro atoms. The van der Waals surface area contributed by atoms with Crippen LogP contribution in [0.1, 0.15) is 5.56 Å². The molecule has 8 nitrogen and oxygen atoms in total. The third kappa shape index (κ3) is 6.52. The van der Waals surface area contributed by atoms with Gasteiger partial charge in [0, 0.05) is 29.6 Å². The number of hydrogen-bond donors (Lipinski definition) is 1. The van der Waals surface area contributed by atoms with Gasteiger partial charge in [-0.15, -0.1) is 0 Å². The van der Waals surface area contributed by atoms with Gasteiger partial charge >= 0.3 is 6.61 Å². The van der Waals surface area contributed by atoms with Crippen molar-refractivity contribution in [2.24, 2.45) is 0 Å². The van der Waals surface area contributed by atoms with E-state index in [0.29, 0.717) is 22.7 Å². The van der Waals surface area contributed by atoms with Gasteiger partial charge in [-0.1, -0.05) is 17.7 Å². The van der Waals surface area contributed by atoms with Crippen LogP contribution in [0.2, 0.25) is 5.02 Å². The van der Waals surface area contributed by atoms with Gasteiger partial charge in [0.2, 0.25) is 0 Å². The van der Waals surface area contributed by atoms with Crippen molar-refractivity contribution in [1.82, 2.24) is 4.98 Å². The van der Waals surface area contributed by atoms with E-state index in [2.05, 4.69) is 15.0 Å². The number of aromatic nitrogens is 1. The van der Waals surface area contributed by atoms with Gasteiger partial charge in [0.25, 0.3) is 10.0 Å². The van der Waals surface area contributed by atoms with Crippen molar-refractivity contribution in [3.63, 3.8) is 0 Å². The third-order valence-electron chi connectivity index (χ3n) is 5.66. The predicted octanol–water partition coefficient (Wildman–Crippen LogP) is 6.63. The highest BCUT2D eigenvalue weighted by Gasteiger charge is 2.31. The molecule has 0 aliphatic carbocycles. The van der Waals surface area contributed by atoms with Gasteiger partial charge < -0.3 is 19.5 Å². The van der Waals surface area contributed by atoms with Gasteiger partial charge in [-0.25, -0.2) is 22.1 Å². The van der Waals surface area contributed by atoms with Gasteiger partial charge in [-0.2, -0.15) is 8.78 Å². The second-order valence-electron chi connectivity index (χ2n) is 8.17. The molecule has 0 atom stereocenters. The minimum atomic E-state index is -4.54. The predicted molar refractivity (Wildman–Crippen MR) is 145 cm³/mol. The van der Waals surface area contributed by atoms with Crippen LogP contribution in [-0.2, 0) is 16.6 Å². The second-order valence-corrected chi connectivity index (χ2v) is 10.4. The Hall–Kier alpha value is -4.16. The lowest BCUT2D eigenvalue weighted by atomic mass is 10.2. The van der Waals surface area contributed by atoms with Gasteiger partial charge in [-0.05, 0) is 54.6 Å². The number of ether oxygens (including phenoxy) is 3. The molecule has 3 aromatic carbocycles.